The van der Waals surface area contributed by atoms with Crippen molar-refractivity contribution in [1.82, 2.24) is 19.9 Å². The van der Waals surface area contributed by atoms with Crippen LogP contribution in [0.2, 0.25) is 0 Å². The molecule has 3 heterocycles. The topological polar surface area (TPSA) is 109 Å². The van der Waals surface area contributed by atoms with Crippen LogP contribution in [-0.4, -0.2) is 54.3 Å². The van der Waals surface area contributed by atoms with E-state index in [-0.39, 0.29) is 24.1 Å². The highest BCUT2D eigenvalue weighted by Crippen LogP contribution is 2.40. The van der Waals surface area contributed by atoms with E-state index in [1.165, 1.54) is 36.5 Å². The summed E-state index contributed by atoms with van der Waals surface area (Å²) in [7, 11) is 6.02. The van der Waals surface area contributed by atoms with E-state index in [4.69, 9.17) is 23.9 Å². The lowest BCUT2D eigenvalue weighted by Gasteiger charge is -2.19. The van der Waals surface area contributed by atoms with Gasteiger partial charge in [0, 0.05) is 18.5 Å². The number of aromatic nitrogens is 4. The Kier molecular flexibility index (Phi) is 6.50. The largest absolute Gasteiger partial charge is 0.495 e. The number of methoxy groups -OCH3 is 4. The molecular formula is C22H21N5O5S. The molecule has 0 unspecified atom stereocenters. The number of hydrogen-bond donors (Lipinski definition) is 0. The normalized spacial score (nSPS) is 10.7. The van der Waals surface area contributed by atoms with Crippen LogP contribution >= 0.6 is 11.3 Å². The lowest BCUT2D eigenvalue weighted by Crippen LogP contribution is -2.31. The fourth-order valence-corrected chi connectivity index (χ4v) is 4.21. The summed E-state index contributed by atoms with van der Waals surface area (Å²) < 4.78 is 22.0. The van der Waals surface area contributed by atoms with Gasteiger partial charge in [-0.3, -0.25) is 14.7 Å². The summed E-state index contributed by atoms with van der Waals surface area (Å²) in [4.78, 5) is 32.3. The van der Waals surface area contributed by atoms with Crippen LogP contribution in [-0.2, 0) is 6.54 Å². The SMILES string of the molecule is COc1cc(C(=O)N(Cc2cccnc2)c2nc3c(OC)ccc(OC)c3s2)nc(OC)n1. The van der Waals surface area contributed by atoms with Gasteiger partial charge in [0.05, 0.1) is 35.0 Å². The summed E-state index contributed by atoms with van der Waals surface area (Å²) in [5.41, 5.74) is 1.51. The average Bonchev–Trinajstić information content (AvgIpc) is 3.31. The molecule has 4 aromatic rings. The van der Waals surface area contributed by atoms with Crippen LogP contribution in [0.4, 0.5) is 5.13 Å². The van der Waals surface area contributed by atoms with Crippen LogP contribution in [0.5, 0.6) is 23.4 Å². The van der Waals surface area contributed by atoms with Gasteiger partial charge in [0.2, 0.25) is 5.88 Å². The first-order chi connectivity index (χ1) is 16.1. The smallest absolute Gasteiger partial charge is 0.320 e. The molecular weight excluding hydrogens is 446 g/mol. The average molecular weight is 468 g/mol. The third-order valence-corrected chi connectivity index (χ3v) is 5.82. The first-order valence-corrected chi connectivity index (χ1v) is 10.6. The molecule has 1 amide bonds. The van der Waals surface area contributed by atoms with Gasteiger partial charge in [-0.25, -0.2) is 4.98 Å². The van der Waals surface area contributed by atoms with Crippen molar-refractivity contribution in [3.05, 3.63) is 54.0 Å². The van der Waals surface area contributed by atoms with Gasteiger partial charge in [-0.1, -0.05) is 17.4 Å². The molecule has 170 valence electrons. The van der Waals surface area contributed by atoms with E-state index in [1.807, 2.05) is 6.07 Å². The van der Waals surface area contributed by atoms with Crippen LogP contribution in [0, 0.1) is 0 Å². The maximum absolute atomic E-state index is 13.7. The molecule has 0 N–H and O–H groups in total. The van der Waals surface area contributed by atoms with E-state index in [9.17, 15) is 4.79 Å². The summed E-state index contributed by atoms with van der Waals surface area (Å²) in [5, 5.41) is 0.443. The van der Waals surface area contributed by atoms with Crippen molar-refractivity contribution in [1.29, 1.82) is 0 Å². The fraction of sp³-hybridized carbons (Fsp3) is 0.227. The standard InChI is InChI=1S/C22H21N5O5S/c1-29-15-7-8-16(30-2)19-18(15)26-22(33-19)27(12-13-6-5-9-23-11-13)20(28)14-10-17(31-3)25-21(24-14)32-4/h5-11H,12H2,1-4H3. The van der Waals surface area contributed by atoms with Gasteiger partial charge in [0.1, 0.15) is 27.4 Å². The predicted molar refractivity (Wildman–Crippen MR) is 123 cm³/mol. The fourth-order valence-electron chi connectivity index (χ4n) is 3.14. The first-order valence-electron chi connectivity index (χ1n) is 9.77. The molecule has 0 bridgehead atoms. The zero-order valence-corrected chi connectivity index (χ0v) is 19.3. The molecule has 33 heavy (non-hydrogen) atoms. The molecule has 0 aliphatic heterocycles. The van der Waals surface area contributed by atoms with Crippen LogP contribution < -0.4 is 23.8 Å². The molecule has 3 aromatic heterocycles. The third-order valence-electron chi connectivity index (χ3n) is 4.73. The molecule has 0 aliphatic carbocycles. The predicted octanol–water partition coefficient (Wildman–Crippen LogP) is 3.36. The number of amides is 1. The van der Waals surface area contributed by atoms with Gasteiger partial charge < -0.3 is 18.9 Å². The number of anilines is 1. The van der Waals surface area contributed by atoms with E-state index >= 15 is 0 Å². The number of carbonyl (C=O) groups is 1. The Labute approximate surface area is 193 Å². The third kappa shape index (κ3) is 4.48. The molecule has 0 saturated heterocycles. The summed E-state index contributed by atoms with van der Waals surface area (Å²) >= 11 is 1.31. The number of benzene rings is 1. The van der Waals surface area contributed by atoms with E-state index in [0.29, 0.717) is 22.1 Å². The Morgan fingerprint density at radius 2 is 1.76 bits per heavy atom. The number of thiazole rings is 1. The minimum Gasteiger partial charge on any atom is -0.495 e. The number of carbonyl (C=O) groups excluding carboxylic acids is 1. The molecule has 0 fully saturated rings. The lowest BCUT2D eigenvalue weighted by molar-refractivity contribution is 0.0978. The Balaban J connectivity index is 1.85. The second kappa shape index (κ2) is 9.65. The highest BCUT2D eigenvalue weighted by atomic mass is 32.1. The number of hydrogen-bond acceptors (Lipinski definition) is 10. The number of pyridine rings is 1. The van der Waals surface area contributed by atoms with E-state index in [2.05, 4.69) is 15.0 Å². The number of rotatable bonds is 8. The molecule has 0 spiro atoms. The second-order valence-corrected chi connectivity index (χ2v) is 7.66. The van der Waals surface area contributed by atoms with E-state index < -0.39 is 5.91 Å². The minimum absolute atomic E-state index is 0.0201. The minimum atomic E-state index is -0.408. The Hall–Kier alpha value is -3.99. The number of fused-ring (bicyclic) bond motifs is 1. The van der Waals surface area contributed by atoms with Crippen molar-refractivity contribution >= 4 is 32.6 Å². The van der Waals surface area contributed by atoms with Crippen LogP contribution in [0.3, 0.4) is 0 Å². The van der Waals surface area contributed by atoms with Crippen molar-refractivity contribution < 1.29 is 23.7 Å². The number of ether oxygens (including phenoxy) is 4. The molecule has 10 nitrogen and oxygen atoms in total. The van der Waals surface area contributed by atoms with Crippen molar-refractivity contribution in [3.63, 3.8) is 0 Å². The quantitative estimate of drug-likeness (QED) is 0.385. The Morgan fingerprint density at radius 1 is 0.970 bits per heavy atom. The highest BCUT2D eigenvalue weighted by Gasteiger charge is 2.26. The van der Waals surface area contributed by atoms with E-state index in [0.717, 1.165) is 10.3 Å². The van der Waals surface area contributed by atoms with Crippen LogP contribution in [0.15, 0.2) is 42.7 Å². The lowest BCUT2D eigenvalue weighted by atomic mass is 10.2. The first kappa shape index (κ1) is 22.2. The van der Waals surface area contributed by atoms with Crippen molar-refractivity contribution in [2.75, 3.05) is 33.3 Å². The number of nitrogens with zero attached hydrogens (tertiary/aromatic N) is 5. The maximum atomic E-state index is 13.7. The monoisotopic (exact) mass is 467 g/mol. The summed E-state index contributed by atoms with van der Waals surface area (Å²) in [6, 6.07) is 8.73. The molecule has 0 aliphatic rings. The van der Waals surface area contributed by atoms with Gasteiger partial charge in [-0.05, 0) is 23.8 Å². The van der Waals surface area contributed by atoms with Crippen molar-refractivity contribution in [3.8, 4) is 23.4 Å². The van der Waals surface area contributed by atoms with Gasteiger partial charge in [0.25, 0.3) is 5.91 Å². The second-order valence-electron chi connectivity index (χ2n) is 6.68. The Morgan fingerprint density at radius 3 is 2.42 bits per heavy atom. The van der Waals surface area contributed by atoms with Crippen LogP contribution in [0.1, 0.15) is 16.1 Å². The summed E-state index contributed by atoms with van der Waals surface area (Å²) in [6.07, 6.45) is 3.36. The summed E-state index contributed by atoms with van der Waals surface area (Å²) in [6.45, 7) is 0.214. The van der Waals surface area contributed by atoms with Gasteiger partial charge >= 0.3 is 6.01 Å². The van der Waals surface area contributed by atoms with E-state index in [1.54, 1.807) is 44.8 Å². The molecule has 4 rings (SSSR count). The molecule has 11 heteroatoms. The summed E-state index contributed by atoms with van der Waals surface area (Å²) in [5.74, 6) is 1.01. The molecule has 1 aromatic carbocycles. The van der Waals surface area contributed by atoms with Gasteiger partial charge in [-0.2, -0.15) is 9.97 Å². The maximum Gasteiger partial charge on any atom is 0.320 e. The molecule has 0 atom stereocenters. The van der Waals surface area contributed by atoms with Gasteiger partial charge in [0.15, 0.2) is 5.13 Å². The highest BCUT2D eigenvalue weighted by molar-refractivity contribution is 7.22. The van der Waals surface area contributed by atoms with Crippen molar-refractivity contribution in [2.24, 2.45) is 0 Å². The zero-order chi connectivity index (χ0) is 23.4. The molecule has 0 radical (unpaired) electrons. The Bertz CT molecular complexity index is 1220. The van der Waals surface area contributed by atoms with Crippen molar-refractivity contribution in [2.45, 2.75) is 6.54 Å². The zero-order valence-electron chi connectivity index (χ0n) is 18.4. The molecule has 0 saturated carbocycles. The van der Waals surface area contributed by atoms with Crippen LogP contribution in [0.25, 0.3) is 10.2 Å². The van der Waals surface area contributed by atoms with Gasteiger partial charge in [-0.15, -0.1) is 0 Å².